The first-order valence-corrected chi connectivity index (χ1v) is 7.59. The van der Waals surface area contributed by atoms with E-state index in [-0.39, 0.29) is 24.2 Å². The molecule has 0 unspecified atom stereocenters. The maximum atomic E-state index is 12.2. The first kappa shape index (κ1) is 13.8. The van der Waals surface area contributed by atoms with Crippen LogP contribution in [0.4, 0.5) is 10.8 Å². The minimum absolute atomic E-state index is 0.0156. The Bertz CT molecular complexity index is 652. The lowest BCUT2D eigenvalue weighted by Gasteiger charge is -2.16. The van der Waals surface area contributed by atoms with Gasteiger partial charge in [-0.05, 0) is 19.1 Å². The van der Waals surface area contributed by atoms with E-state index in [2.05, 4.69) is 10.3 Å². The number of nitrogens with one attached hydrogen (secondary N) is 1. The number of nitrogens with zero attached hydrogens (tertiary/aromatic N) is 2. The minimum Gasteiger partial charge on any atom is -0.312 e. The highest BCUT2D eigenvalue weighted by Gasteiger charge is 2.35. The van der Waals surface area contributed by atoms with Crippen LogP contribution < -0.4 is 10.2 Å². The van der Waals surface area contributed by atoms with Crippen LogP contribution in [-0.4, -0.2) is 23.3 Å². The van der Waals surface area contributed by atoms with E-state index in [1.807, 2.05) is 31.2 Å². The van der Waals surface area contributed by atoms with Gasteiger partial charge in [-0.25, -0.2) is 4.98 Å². The fourth-order valence-electron chi connectivity index (χ4n) is 2.35. The Hall–Kier alpha value is -2.21. The van der Waals surface area contributed by atoms with Crippen LogP contribution in [-0.2, 0) is 9.59 Å². The molecule has 6 heteroatoms. The molecule has 0 bridgehead atoms. The van der Waals surface area contributed by atoms with E-state index in [9.17, 15) is 9.59 Å². The van der Waals surface area contributed by atoms with Gasteiger partial charge in [0.2, 0.25) is 11.8 Å². The van der Waals surface area contributed by atoms with Crippen molar-refractivity contribution in [3.8, 4) is 0 Å². The Labute approximate surface area is 126 Å². The normalized spacial score (nSPS) is 18.0. The molecule has 1 aliphatic rings. The molecular weight excluding hydrogens is 286 g/mol. The SMILES string of the molecule is Cc1ccc(N2C[C@H](C(=O)Nc3nccs3)CC2=O)cc1. The van der Waals surface area contributed by atoms with Gasteiger partial charge in [-0.1, -0.05) is 17.7 Å². The highest BCUT2D eigenvalue weighted by molar-refractivity contribution is 7.13. The Kier molecular flexibility index (Phi) is 3.70. The van der Waals surface area contributed by atoms with Crippen LogP contribution in [0, 0.1) is 12.8 Å². The molecule has 3 rings (SSSR count). The molecule has 1 aromatic heterocycles. The number of aromatic nitrogens is 1. The summed E-state index contributed by atoms with van der Waals surface area (Å²) in [5.74, 6) is -0.492. The van der Waals surface area contributed by atoms with Gasteiger partial charge in [0, 0.05) is 30.2 Å². The lowest BCUT2D eigenvalue weighted by Crippen LogP contribution is -2.28. The van der Waals surface area contributed by atoms with Crippen LogP contribution in [0.25, 0.3) is 0 Å². The second kappa shape index (κ2) is 5.65. The second-order valence-electron chi connectivity index (χ2n) is 5.07. The highest BCUT2D eigenvalue weighted by atomic mass is 32.1. The average Bonchev–Trinajstić information content (AvgIpc) is 3.09. The Morgan fingerprint density at radius 1 is 1.38 bits per heavy atom. The van der Waals surface area contributed by atoms with Crippen LogP contribution >= 0.6 is 11.3 Å². The Morgan fingerprint density at radius 2 is 2.14 bits per heavy atom. The van der Waals surface area contributed by atoms with Crippen molar-refractivity contribution in [2.24, 2.45) is 5.92 Å². The Morgan fingerprint density at radius 3 is 2.81 bits per heavy atom. The molecule has 0 aliphatic carbocycles. The number of carbonyl (C=O) groups excluding carboxylic acids is 2. The summed E-state index contributed by atoms with van der Waals surface area (Å²) in [7, 11) is 0. The van der Waals surface area contributed by atoms with E-state index in [4.69, 9.17) is 0 Å². The summed E-state index contributed by atoms with van der Waals surface area (Å²) in [5.41, 5.74) is 1.98. The van der Waals surface area contributed by atoms with Gasteiger partial charge in [0.05, 0.1) is 5.92 Å². The number of rotatable bonds is 3. The van der Waals surface area contributed by atoms with Gasteiger partial charge in [0.25, 0.3) is 0 Å². The third-order valence-corrected chi connectivity index (χ3v) is 4.19. The van der Waals surface area contributed by atoms with Crippen molar-refractivity contribution >= 4 is 34.0 Å². The fourth-order valence-corrected chi connectivity index (χ4v) is 2.88. The number of aryl methyl sites for hydroxylation is 1. The van der Waals surface area contributed by atoms with Crippen LogP contribution in [0.15, 0.2) is 35.8 Å². The van der Waals surface area contributed by atoms with Crippen molar-refractivity contribution in [2.75, 3.05) is 16.8 Å². The summed E-state index contributed by atoms with van der Waals surface area (Å²) in [6.07, 6.45) is 1.88. The van der Waals surface area contributed by atoms with Gasteiger partial charge in [-0.3, -0.25) is 9.59 Å². The van der Waals surface area contributed by atoms with E-state index in [0.717, 1.165) is 11.3 Å². The highest BCUT2D eigenvalue weighted by Crippen LogP contribution is 2.26. The van der Waals surface area contributed by atoms with Gasteiger partial charge in [0.1, 0.15) is 0 Å². The van der Waals surface area contributed by atoms with Crippen LogP contribution in [0.2, 0.25) is 0 Å². The summed E-state index contributed by atoms with van der Waals surface area (Å²) in [4.78, 5) is 30.0. The molecular formula is C15H15N3O2S. The maximum Gasteiger partial charge on any atom is 0.231 e. The molecule has 1 N–H and O–H groups in total. The predicted octanol–water partition coefficient (Wildman–Crippen LogP) is 2.44. The lowest BCUT2D eigenvalue weighted by molar-refractivity contribution is -0.122. The van der Waals surface area contributed by atoms with Crippen molar-refractivity contribution < 1.29 is 9.59 Å². The zero-order valence-corrected chi connectivity index (χ0v) is 12.4. The molecule has 0 saturated carbocycles. The topological polar surface area (TPSA) is 62.3 Å². The monoisotopic (exact) mass is 301 g/mol. The molecule has 1 saturated heterocycles. The molecule has 2 heterocycles. The fraction of sp³-hybridized carbons (Fsp3) is 0.267. The van der Waals surface area contributed by atoms with E-state index in [1.165, 1.54) is 11.3 Å². The number of amides is 2. The zero-order valence-electron chi connectivity index (χ0n) is 11.6. The maximum absolute atomic E-state index is 12.2. The number of thiazole rings is 1. The molecule has 1 atom stereocenters. The molecule has 5 nitrogen and oxygen atoms in total. The standard InChI is InChI=1S/C15H15N3O2S/c1-10-2-4-12(5-3-10)18-9-11(8-13(18)19)14(20)17-15-16-6-7-21-15/h2-7,11H,8-9H2,1H3,(H,16,17,20)/t11-/m1/s1. The second-order valence-corrected chi connectivity index (χ2v) is 5.96. The van der Waals surface area contributed by atoms with Crippen LogP contribution in [0.1, 0.15) is 12.0 Å². The predicted molar refractivity (Wildman–Crippen MR) is 82.4 cm³/mol. The van der Waals surface area contributed by atoms with Crippen molar-refractivity contribution in [2.45, 2.75) is 13.3 Å². The molecule has 108 valence electrons. The number of benzene rings is 1. The van der Waals surface area contributed by atoms with Crippen LogP contribution in [0.5, 0.6) is 0 Å². The Balaban J connectivity index is 1.69. The van der Waals surface area contributed by atoms with Crippen molar-refractivity contribution in [3.05, 3.63) is 41.4 Å². The zero-order chi connectivity index (χ0) is 14.8. The summed E-state index contributed by atoms with van der Waals surface area (Å²) in [6, 6.07) is 7.75. The molecule has 1 fully saturated rings. The third kappa shape index (κ3) is 2.95. The first-order chi connectivity index (χ1) is 10.1. The minimum atomic E-state index is -0.331. The van der Waals surface area contributed by atoms with Gasteiger partial charge in [-0.2, -0.15) is 0 Å². The van der Waals surface area contributed by atoms with Crippen molar-refractivity contribution in [3.63, 3.8) is 0 Å². The largest absolute Gasteiger partial charge is 0.312 e. The first-order valence-electron chi connectivity index (χ1n) is 6.71. The van der Waals surface area contributed by atoms with Gasteiger partial charge >= 0.3 is 0 Å². The molecule has 2 amide bonds. The van der Waals surface area contributed by atoms with Gasteiger partial charge in [-0.15, -0.1) is 11.3 Å². The summed E-state index contributed by atoms with van der Waals surface area (Å²) in [6.45, 7) is 2.42. The van der Waals surface area contributed by atoms with Crippen LogP contribution in [0.3, 0.4) is 0 Å². The molecule has 2 aromatic rings. The van der Waals surface area contributed by atoms with E-state index < -0.39 is 0 Å². The van der Waals surface area contributed by atoms with E-state index in [1.54, 1.807) is 16.5 Å². The third-order valence-electron chi connectivity index (χ3n) is 3.50. The lowest BCUT2D eigenvalue weighted by atomic mass is 10.1. The van der Waals surface area contributed by atoms with Gasteiger partial charge < -0.3 is 10.2 Å². The quantitative estimate of drug-likeness (QED) is 0.947. The molecule has 0 radical (unpaired) electrons. The van der Waals surface area contributed by atoms with Crippen molar-refractivity contribution in [1.29, 1.82) is 0 Å². The number of hydrogen-bond donors (Lipinski definition) is 1. The average molecular weight is 301 g/mol. The number of hydrogen-bond acceptors (Lipinski definition) is 4. The molecule has 1 aliphatic heterocycles. The number of anilines is 2. The summed E-state index contributed by atoms with van der Waals surface area (Å²) >= 11 is 1.37. The molecule has 21 heavy (non-hydrogen) atoms. The number of carbonyl (C=O) groups is 2. The summed E-state index contributed by atoms with van der Waals surface area (Å²) in [5, 5.41) is 5.13. The van der Waals surface area contributed by atoms with Gasteiger partial charge in [0.15, 0.2) is 5.13 Å². The summed E-state index contributed by atoms with van der Waals surface area (Å²) < 4.78 is 0. The van der Waals surface area contributed by atoms with E-state index in [0.29, 0.717) is 11.7 Å². The van der Waals surface area contributed by atoms with Crippen molar-refractivity contribution in [1.82, 2.24) is 4.98 Å². The smallest absolute Gasteiger partial charge is 0.231 e. The molecule has 1 aromatic carbocycles. The molecule has 0 spiro atoms. The van der Waals surface area contributed by atoms with E-state index >= 15 is 0 Å².